The van der Waals surface area contributed by atoms with Gasteiger partial charge in [0.25, 0.3) is 0 Å². The fourth-order valence-corrected chi connectivity index (χ4v) is 4.50. The van der Waals surface area contributed by atoms with Crippen molar-refractivity contribution in [2.45, 2.75) is 69.6 Å². The molecule has 3 aliphatic rings. The fraction of sp³-hybridized carbons (Fsp3) is 1.00. The Kier molecular flexibility index (Phi) is 4.78. The minimum atomic E-state index is 0.539. The number of morpholine rings is 1. The number of hydrogen-bond acceptors (Lipinski definition) is 3. The Hall–Kier alpha value is -0.120. The van der Waals surface area contributed by atoms with Crippen LogP contribution >= 0.6 is 0 Å². The number of nitrogens with one attached hydrogen (secondary N) is 1. The number of hydrogen-bond donors (Lipinski definition) is 1. The van der Waals surface area contributed by atoms with E-state index in [2.05, 4.69) is 17.3 Å². The van der Waals surface area contributed by atoms with E-state index in [0.717, 1.165) is 19.1 Å². The maximum atomic E-state index is 5.93. The van der Waals surface area contributed by atoms with Crippen molar-refractivity contribution in [2.24, 2.45) is 5.92 Å². The summed E-state index contributed by atoms with van der Waals surface area (Å²) in [5, 5.41) is 3.62. The predicted octanol–water partition coefficient (Wildman–Crippen LogP) is 2.41. The van der Waals surface area contributed by atoms with E-state index < -0.39 is 0 Å². The van der Waals surface area contributed by atoms with Crippen molar-refractivity contribution < 1.29 is 4.74 Å². The normalized spacial score (nSPS) is 35.2. The van der Waals surface area contributed by atoms with Gasteiger partial charge in [0.1, 0.15) is 0 Å². The second-order valence-electron chi connectivity index (χ2n) is 6.70. The largest absolute Gasteiger partial charge is 0.375 e. The van der Waals surface area contributed by atoms with Gasteiger partial charge < -0.3 is 10.1 Å². The number of nitrogens with zero attached hydrogens (tertiary/aromatic N) is 1. The first-order valence-corrected chi connectivity index (χ1v) is 8.41. The minimum absolute atomic E-state index is 0.539. The van der Waals surface area contributed by atoms with Crippen LogP contribution < -0.4 is 5.32 Å². The van der Waals surface area contributed by atoms with Gasteiger partial charge in [-0.15, -0.1) is 0 Å². The Labute approximate surface area is 118 Å². The van der Waals surface area contributed by atoms with Crippen LogP contribution in [0, 0.1) is 5.92 Å². The molecule has 3 atom stereocenters. The summed E-state index contributed by atoms with van der Waals surface area (Å²) in [7, 11) is 2.16. The summed E-state index contributed by atoms with van der Waals surface area (Å²) < 4.78 is 5.93. The molecule has 110 valence electrons. The van der Waals surface area contributed by atoms with E-state index in [0.29, 0.717) is 18.2 Å². The summed E-state index contributed by atoms with van der Waals surface area (Å²) in [5.74, 6) is 0.904. The van der Waals surface area contributed by atoms with Crippen LogP contribution in [0.1, 0.15) is 51.4 Å². The topological polar surface area (TPSA) is 24.5 Å². The number of fused-ring (bicyclic) bond motifs is 1. The number of likely N-dealkylation sites (N-methyl/N-ethyl adjacent to an activating group) is 1. The third kappa shape index (κ3) is 3.14. The number of rotatable bonds is 4. The molecule has 1 N–H and O–H groups in total. The maximum absolute atomic E-state index is 5.93. The summed E-state index contributed by atoms with van der Waals surface area (Å²) in [6, 6.07) is 1.41. The molecule has 3 nitrogen and oxygen atoms in total. The van der Waals surface area contributed by atoms with Crippen LogP contribution in [0.5, 0.6) is 0 Å². The summed E-state index contributed by atoms with van der Waals surface area (Å²) in [4.78, 5) is 2.73. The van der Waals surface area contributed by atoms with Gasteiger partial charge in [0, 0.05) is 25.2 Å². The second kappa shape index (κ2) is 6.55. The highest BCUT2D eigenvalue weighted by Gasteiger charge is 2.37. The first kappa shape index (κ1) is 13.8. The average Bonchev–Trinajstić information content (AvgIpc) is 2.95. The molecule has 1 saturated heterocycles. The molecule has 0 aromatic carbocycles. The van der Waals surface area contributed by atoms with Gasteiger partial charge in [-0.2, -0.15) is 0 Å². The lowest BCUT2D eigenvalue weighted by Gasteiger charge is -2.41. The monoisotopic (exact) mass is 266 g/mol. The first-order valence-electron chi connectivity index (χ1n) is 8.41. The molecular weight excluding hydrogens is 236 g/mol. The van der Waals surface area contributed by atoms with Crippen LogP contribution in [0.15, 0.2) is 0 Å². The average molecular weight is 266 g/mol. The number of ether oxygens (including phenoxy) is 1. The van der Waals surface area contributed by atoms with Crippen LogP contribution in [-0.4, -0.2) is 49.8 Å². The zero-order valence-electron chi connectivity index (χ0n) is 12.4. The van der Waals surface area contributed by atoms with Crippen molar-refractivity contribution in [3.63, 3.8) is 0 Å². The zero-order valence-corrected chi connectivity index (χ0v) is 12.4. The van der Waals surface area contributed by atoms with E-state index in [1.165, 1.54) is 57.9 Å². The second-order valence-corrected chi connectivity index (χ2v) is 6.70. The summed E-state index contributed by atoms with van der Waals surface area (Å²) in [5.41, 5.74) is 0. The Morgan fingerprint density at radius 1 is 1.11 bits per heavy atom. The van der Waals surface area contributed by atoms with Crippen molar-refractivity contribution in [3.05, 3.63) is 0 Å². The van der Waals surface area contributed by atoms with Crippen molar-refractivity contribution in [2.75, 3.05) is 26.7 Å². The standard InChI is InChI=1S/C16H30N2O/c1-17-14(13-6-3-2-4-7-13)12-18-10-11-19-16-9-5-8-15(16)18/h13-17H,2-12H2,1H3. The Balaban J connectivity index is 1.58. The van der Waals surface area contributed by atoms with Gasteiger partial charge in [-0.05, 0) is 45.1 Å². The molecule has 0 aromatic heterocycles. The molecule has 2 aliphatic carbocycles. The van der Waals surface area contributed by atoms with E-state index in [4.69, 9.17) is 4.74 Å². The van der Waals surface area contributed by atoms with Gasteiger partial charge in [-0.25, -0.2) is 0 Å². The van der Waals surface area contributed by atoms with Crippen LogP contribution in [-0.2, 0) is 4.74 Å². The molecule has 1 heterocycles. The van der Waals surface area contributed by atoms with Crippen molar-refractivity contribution in [1.29, 1.82) is 0 Å². The fourth-order valence-electron chi connectivity index (χ4n) is 4.50. The molecule has 3 heteroatoms. The van der Waals surface area contributed by atoms with Gasteiger partial charge >= 0.3 is 0 Å². The molecule has 3 rings (SSSR count). The molecule has 0 amide bonds. The van der Waals surface area contributed by atoms with Crippen molar-refractivity contribution in [3.8, 4) is 0 Å². The molecular formula is C16H30N2O. The van der Waals surface area contributed by atoms with Crippen LogP contribution in [0.4, 0.5) is 0 Å². The molecule has 3 fully saturated rings. The van der Waals surface area contributed by atoms with Gasteiger partial charge in [0.05, 0.1) is 12.7 Å². The summed E-state index contributed by atoms with van der Waals surface area (Å²) in [6.45, 7) is 3.33. The van der Waals surface area contributed by atoms with E-state index in [1.54, 1.807) is 0 Å². The van der Waals surface area contributed by atoms with E-state index in [-0.39, 0.29) is 0 Å². The summed E-state index contributed by atoms with van der Waals surface area (Å²) >= 11 is 0. The Morgan fingerprint density at radius 3 is 2.74 bits per heavy atom. The highest BCUT2D eigenvalue weighted by atomic mass is 16.5. The molecule has 0 radical (unpaired) electrons. The Bertz CT molecular complexity index is 278. The highest BCUT2D eigenvalue weighted by molar-refractivity contribution is 4.92. The quantitative estimate of drug-likeness (QED) is 0.845. The predicted molar refractivity (Wildman–Crippen MR) is 78.4 cm³/mol. The van der Waals surface area contributed by atoms with Gasteiger partial charge in [0.15, 0.2) is 0 Å². The third-order valence-corrected chi connectivity index (χ3v) is 5.62. The van der Waals surface area contributed by atoms with Gasteiger partial charge in [0.2, 0.25) is 0 Å². The van der Waals surface area contributed by atoms with E-state index in [1.807, 2.05) is 0 Å². The van der Waals surface area contributed by atoms with E-state index >= 15 is 0 Å². The molecule has 19 heavy (non-hydrogen) atoms. The lowest BCUT2D eigenvalue weighted by atomic mass is 9.83. The van der Waals surface area contributed by atoms with Crippen LogP contribution in [0.2, 0.25) is 0 Å². The minimum Gasteiger partial charge on any atom is -0.375 e. The molecule has 1 aliphatic heterocycles. The van der Waals surface area contributed by atoms with E-state index in [9.17, 15) is 0 Å². The SMILES string of the molecule is CNC(CN1CCOC2CCCC21)C1CCCCC1. The lowest BCUT2D eigenvalue weighted by molar-refractivity contribution is -0.0602. The van der Waals surface area contributed by atoms with Gasteiger partial charge in [-0.3, -0.25) is 4.90 Å². The third-order valence-electron chi connectivity index (χ3n) is 5.62. The summed E-state index contributed by atoms with van der Waals surface area (Å²) in [6.07, 6.45) is 11.7. The van der Waals surface area contributed by atoms with Crippen LogP contribution in [0.3, 0.4) is 0 Å². The molecule has 3 unspecified atom stereocenters. The smallest absolute Gasteiger partial charge is 0.0730 e. The van der Waals surface area contributed by atoms with Crippen LogP contribution in [0.25, 0.3) is 0 Å². The first-order chi connectivity index (χ1) is 9.38. The molecule has 0 spiro atoms. The van der Waals surface area contributed by atoms with Crippen molar-refractivity contribution in [1.82, 2.24) is 10.2 Å². The molecule has 0 aromatic rings. The van der Waals surface area contributed by atoms with Gasteiger partial charge in [-0.1, -0.05) is 19.3 Å². The zero-order chi connectivity index (χ0) is 13.1. The van der Waals surface area contributed by atoms with Crippen molar-refractivity contribution >= 4 is 0 Å². The lowest BCUT2D eigenvalue weighted by Crippen LogP contribution is -2.54. The highest BCUT2D eigenvalue weighted by Crippen LogP contribution is 2.32. The molecule has 2 saturated carbocycles. The maximum Gasteiger partial charge on any atom is 0.0730 e. The molecule has 0 bridgehead atoms. The Morgan fingerprint density at radius 2 is 1.95 bits per heavy atom.